The second-order valence-corrected chi connectivity index (χ2v) is 5.18. The van der Waals surface area contributed by atoms with Crippen molar-refractivity contribution in [2.45, 2.75) is 5.92 Å². The molecule has 0 aliphatic carbocycles. The number of halogens is 2. The van der Waals surface area contributed by atoms with E-state index in [1.807, 2.05) is 6.07 Å². The number of primary amides is 1. The molecule has 0 aromatic carbocycles. The maximum Gasteiger partial charge on any atom is 0.232 e. The maximum atomic E-state index is 11.7. The van der Waals surface area contributed by atoms with Gasteiger partial charge in [-0.15, -0.1) is 0 Å². The summed E-state index contributed by atoms with van der Waals surface area (Å²) in [4.78, 5) is 19.9. The van der Waals surface area contributed by atoms with Crippen molar-refractivity contribution in [1.82, 2.24) is 9.97 Å². The molecular weight excluding hydrogens is 344 g/mol. The van der Waals surface area contributed by atoms with E-state index in [1.54, 1.807) is 24.3 Å². The van der Waals surface area contributed by atoms with Crippen LogP contribution in [0.2, 0.25) is 5.02 Å². The Morgan fingerprint density at radius 1 is 1.45 bits per heavy atom. The van der Waals surface area contributed by atoms with Gasteiger partial charge in [-0.1, -0.05) is 17.7 Å². The van der Waals surface area contributed by atoms with E-state index in [4.69, 9.17) is 22.6 Å². The highest BCUT2D eigenvalue weighted by Crippen LogP contribution is 2.27. The second-order valence-electron chi connectivity index (χ2n) is 3.92. The fraction of sp³-hybridized carbons (Fsp3) is 0.0769. The van der Waals surface area contributed by atoms with E-state index in [-0.39, 0.29) is 5.69 Å². The molecule has 0 bridgehead atoms. The van der Waals surface area contributed by atoms with Crippen molar-refractivity contribution in [1.29, 1.82) is 5.26 Å². The molecule has 0 fully saturated rings. The Kier molecular flexibility index (Phi) is 4.32. The second kappa shape index (κ2) is 5.99. The van der Waals surface area contributed by atoms with Gasteiger partial charge in [0.25, 0.3) is 0 Å². The lowest BCUT2D eigenvalue weighted by Gasteiger charge is -2.13. The van der Waals surface area contributed by atoms with Crippen LogP contribution >= 0.6 is 27.5 Å². The first kappa shape index (κ1) is 14.4. The zero-order valence-electron chi connectivity index (χ0n) is 10.0. The lowest BCUT2D eigenvalue weighted by atomic mass is 9.99. The van der Waals surface area contributed by atoms with E-state index < -0.39 is 11.8 Å². The molecule has 0 radical (unpaired) electrons. The Morgan fingerprint density at radius 3 is 2.80 bits per heavy atom. The molecule has 0 saturated heterocycles. The van der Waals surface area contributed by atoms with Gasteiger partial charge in [0, 0.05) is 10.7 Å². The molecule has 1 atom stereocenters. The zero-order chi connectivity index (χ0) is 14.7. The quantitative estimate of drug-likeness (QED) is 0.919. The van der Waals surface area contributed by atoms with Crippen molar-refractivity contribution < 1.29 is 4.79 Å². The third-order valence-electron chi connectivity index (χ3n) is 2.59. The van der Waals surface area contributed by atoms with E-state index in [0.717, 1.165) is 0 Å². The van der Waals surface area contributed by atoms with Crippen LogP contribution in [-0.2, 0) is 4.79 Å². The molecule has 7 heteroatoms. The van der Waals surface area contributed by atoms with Gasteiger partial charge < -0.3 is 5.73 Å². The normalized spacial score (nSPS) is 11.7. The van der Waals surface area contributed by atoms with Crippen LogP contribution in [0.3, 0.4) is 0 Å². The summed E-state index contributed by atoms with van der Waals surface area (Å²) in [5.41, 5.74) is 6.43. The highest BCUT2D eigenvalue weighted by molar-refractivity contribution is 9.10. The van der Waals surface area contributed by atoms with Crippen molar-refractivity contribution in [2.75, 3.05) is 0 Å². The molecule has 0 spiro atoms. The van der Waals surface area contributed by atoms with Gasteiger partial charge in [0.2, 0.25) is 5.91 Å². The number of nitriles is 1. The first-order chi connectivity index (χ1) is 9.52. The standard InChI is InChI=1S/C13H8BrClN4O/c14-8-4-11(18-6-9(8)15)12(13(17)20)10-3-1-2-7(5-16)19-10/h1-4,6,12H,(H2,17,20). The van der Waals surface area contributed by atoms with E-state index in [9.17, 15) is 4.79 Å². The largest absolute Gasteiger partial charge is 0.369 e. The summed E-state index contributed by atoms with van der Waals surface area (Å²) in [6, 6.07) is 8.34. The van der Waals surface area contributed by atoms with Crippen LogP contribution in [0.1, 0.15) is 23.0 Å². The van der Waals surface area contributed by atoms with E-state index in [2.05, 4.69) is 25.9 Å². The van der Waals surface area contributed by atoms with Crippen LogP contribution in [0.15, 0.2) is 34.9 Å². The van der Waals surface area contributed by atoms with Crippen LogP contribution in [0.25, 0.3) is 0 Å². The minimum absolute atomic E-state index is 0.210. The van der Waals surface area contributed by atoms with Gasteiger partial charge in [-0.2, -0.15) is 5.26 Å². The molecule has 2 rings (SSSR count). The van der Waals surface area contributed by atoms with E-state index >= 15 is 0 Å². The van der Waals surface area contributed by atoms with Gasteiger partial charge in [0.05, 0.1) is 16.4 Å². The van der Waals surface area contributed by atoms with Crippen molar-refractivity contribution in [2.24, 2.45) is 5.73 Å². The molecule has 1 amide bonds. The monoisotopic (exact) mass is 350 g/mol. The van der Waals surface area contributed by atoms with Gasteiger partial charge >= 0.3 is 0 Å². The van der Waals surface area contributed by atoms with Gasteiger partial charge in [0.15, 0.2) is 0 Å². The van der Waals surface area contributed by atoms with Crippen molar-refractivity contribution in [3.8, 4) is 6.07 Å². The topological polar surface area (TPSA) is 92.7 Å². The van der Waals surface area contributed by atoms with Crippen LogP contribution in [-0.4, -0.2) is 15.9 Å². The number of carbonyl (C=O) groups is 1. The van der Waals surface area contributed by atoms with Gasteiger partial charge in [-0.25, -0.2) is 4.98 Å². The minimum Gasteiger partial charge on any atom is -0.369 e. The summed E-state index contributed by atoms with van der Waals surface area (Å²) in [7, 11) is 0. The van der Waals surface area contributed by atoms with E-state index in [1.165, 1.54) is 6.20 Å². The fourth-order valence-electron chi connectivity index (χ4n) is 1.70. The minimum atomic E-state index is -0.836. The first-order valence-electron chi connectivity index (χ1n) is 5.50. The summed E-state index contributed by atoms with van der Waals surface area (Å²) >= 11 is 9.14. The van der Waals surface area contributed by atoms with Crippen LogP contribution < -0.4 is 5.73 Å². The molecule has 0 aliphatic rings. The highest BCUT2D eigenvalue weighted by atomic mass is 79.9. The van der Waals surface area contributed by atoms with Gasteiger partial charge in [-0.05, 0) is 34.1 Å². The summed E-state index contributed by atoms with van der Waals surface area (Å²) in [5.74, 6) is -1.44. The Balaban J connectivity index is 2.53. The van der Waals surface area contributed by atoms with Gasteiger partial charge in [-0.3, -0.25) is 9.78 Å². The molecule has 2 heterocycles. The third-order valence-corrected chi connectivity index (χ3v) is 3.78. The molecule has 1 unspecified atom stereocenters. The smallest absolute Gasteiger partial charge is 0.232 e. The molecule has 2 N–H and O–H groups in total. The number of pyridine rings is 2. The predicted molar refractivity (Wildman–Crippen MR) is 76.9 cm³/mol. The number of rotatable bonds is 3. The number of hydrogen-bond acceptors (Lipinski definition) is 4. The van der Waals surface area contributed by atoms with Crippen molar-refractivity contribution in [3.63, 3.8) is 0 Å². The number of carbonyl (C=O) groups excluding carboxylic acids is 1. The number of nitrogens with two attached hydrogens (primary N) is 1. The molecule has 0 aliphatic heterocycles. The third kappa shape index (κ3) is 2.95. The molecule has 2 aromatic rings. The highest BCUT2D eigenvalue weighted by Gasteiger charge is 2.24. The summed E-state index contributed by atoms with van der Waals surface area (Å²) in [6.07, 6.45) is 1.42. The molecule has 100 valence electrons. The van der Waals surface area contributed by atoms with Crippen molar-refractivity contribution >= 4 is 33.4 Å². The van der Waals surface area contributed by atoms with Crippen LogP contribution in [0.5, 0.6) is 0 Å². The number of nitrogens with zero attached hydrogens (tertiary/aromatic N) is 3. The van der Waals surface area contributed by atoms with Crippen LogP contribution in [0.4, 0.5) is 0 Å². The lowest BCUT2D eigenvalue weighted by Crippen LogP contribution is -2.24. The first-order valence-corrected chi connectivity index (χ1v) is 6.67. The summed E-state index contributed by atoms with van der Waals surface area (Å²) < 4.78 is 0.604. The number of amides is 1. The lowest BCUT2D eigenvalue weighted by molar-refractivity contribution is -0.118. The number of aromatic nitrogens is 2. The molecular formula is C13H8BrClN4O. The van der Waals surface area contributed by atoms with Crippen molar-refractivity contribution in [3.05, 3.63) is 57.0 Å². The average molecular weight is 352 g/mol. The molecule has 5 nitrogen and oxygen atoms in total. The Labute approximate surface area is 128 Å². The molecule has 2 aromatic heterocycles. The fourth-order valence-corrected chi connectivity index (χ4v) is 2.14. The molecule has 0 saturated carbocycles. The van der Waals surface area contributed by atoms with E-state index in [0.29, 0.717) is 20.9 Å². The number of hydrogen-bond donors (Lipinski definition) is 1. The Hall–Kier alpha value is -1.97. The van der Waals surface area contributed by atoms with Gasteiger partial charge in [0.1, 0.15) is 17.7 Å². The zero-order valence-corrected chi connectivity index (χ0v) is 12.4. The SMILES string of the molecule is N#Cc1cccc(C(C(N)=O)c2cc(Br)c(Cl)cn2)n1. The molecule has 20 heavy (non-hydrogen) atoms. The Morgan fingerprint density at radius 2 is 2.20 bits per heavy atom. The average Bonchev–Trinajstić information content (AvgIpc) is 2.43. The summed E-state index contributed by atoms with van der Waals surface area (Å²) in [6.45, 7) is 0. The maximum absolute atomic E-state index is 11.7. The summed E-state index contributed by atoms with van der Waals surface area (Å²) in [5, 5.41) is 9.29. The predicted octanol–water partition coefficient (Wildman–Crippen LogP) is 2.38. The Bertz CT molecular complexity index is 714. The van der Waals surface area contributed by atoms with Crippen LogP contribution in [0, 0.1) is 11.3 Å².